The van der Waals surface area contributed by atoms with E-state index in [1.54, 1.807) is 12.1 Å². The minimum Gasteiger partial charge on any atom is -0.377 e. The van der Waals surface area contributed by atoms with Gasteiger partial charge in [0.15, 0.2) is 6.29 Å². The molecule has 3 nitrogen and oxygen atoms in total. The first kappa shape index (κ1) is 12.4. The Hall–Kier alpha value is -1.06. The molecule has 0 atom stereocenters. The van der Waals surface area contributed by atoms with E-state index in [4.69, 9.17) is 16.3 Å². The number of carbonyl (C=O) groups is 1. The molecule has 0 bridgehead atoms. The van der Waals surface area contributed by atoms with Gasteiger partial charge in [-0.1, -0.05) is 11.6 Å². The number of carbonyl (C=O) groups excluding carboxylic acids is 1. The maximum absolute atomic E-state index is 11.1. The number of hydrogen-bond donors (Lipinski definition) is 0. The molecule has 92 valence electrons. The summed E-state index contributed by atoms with van der Waals surface area (Å²) in [5.41, 5.74) is 1.44. The van der Waals surface area contributed by atoms with Crippen LogP contribution >= 0.6 is 11.6 Å². The van der Waals surface area contributed by atoms with Crippen LogP contribution in [-0.2, 0) is 4.74 Å². The standard InChI is InChI=1S/C13H16ClNO2/c1-13(2)9-17-6-5-15(13)12-7-11(14)4-3-10(12)8-16/h3-4,7-8H,5-6,9H2,1-2H3. The van der Waals surface area contributed by atoms with E-state index in [2.05, 4.69) is 18.7 Å². The number of nitrogens with zero attached hydrogens (tertiary/aromatic N) is 1. The van der Waals surface area contributed by atoms with E-state index in [-0.39, 0.29) is 5.54 Å². The molecule has 4 heteroatoms. The third kappa shape index (κ3) is 2.45. The zero-order valence-corrected chi connectivity index (χ0v) is 10.8. The lowest BCUT2D eigenvalue weighted by Gasteiger charge is -2.44. The first-order valence-corrected chi connectivity index (χ1v) is 6.02. The van der Waals surface area contributed by atoms with Gasteiger partial charge in [-0.3, -0.25) is 4.79 Å². The van der Waals surface area contributed by atoms with Gasteiger partial charge in [-0.15, -0.1) is 0 Å². The van der Waals surface area contributed by atoms with Crippen LogP contribution in [0.4, 0.5) is 5.69 Å². The average molecular weight is 254 g/mol. The molecule has 0 aliphatic carbocycles. The summed E-state index contributed by atoms with van der Waals surface area (Å²) in [6.07, 6.45) is 0.872. The van der Waals surface area contributed by atoms with Crippen molar-refractivity contribution in [2.24, 2.45) is 0 Å². The van der Waals surface area contributed by atoms with Crippen molar-refractivity contribution in [2.75, 3.05) is 24.7 Å². The fraction of sp³-hybridized carbons (Fsp3) is 0.462. The van der Waals surface area contributed by atoms with Crippen molar-refractivity contribution in [2.45, 2.75) is 19.4 Å². The van der Waals surface area contributed by atoms with Gasteiger partial charge in [-0.2, -0.15) is 0 Å². The largest absolute Gasteiger partial charge is 0.377 e. The molecule has 1 aromatic rings. The second-order valence-electron chi connectivity index (χ2n) is 4.84. The first-order valence-electron chi connectivity index (χ1n) is 5.65. The summed E-state index contributed by atoms with van der Waals surface area (Å²) in [5.74, 6) is 0. The van der Waals surface area contributed by atoms with E-state index in [0.717, 1.165) is 18.5 Å². The van der Waals surface area contributed by atoms with Crippen molar-refractivity contribution in [3.63, 3.8) is 0 Å². The van der Waals surface area contributed by atoms with Crippen molar-refractivity contribution in [1.82, 2.24) is 0 Å². The number of benzene rings is 1. The monoisotopic (exact) mass is 253 g/mol. The number of halogens is 1. The number of ether oxygens (including phenoxy) is 1. The highest BCUT2D eigenvalue weighted by atomic mass is 35.5. The minimum absolute atomic E-state index is 0.124. The molecule has 1 fully saturated rings. The average Bonchev–Trinajstić information content (AvgIpc) is 2.28. The van der Waals surface area contributed by atoms with Crippen LogP contribution in [-0.4, -0.2) is 31.6 Å². The van der Waals surface area contributed by atoms with Crippen LogP contribution in [0.15, 0.2) is 18.2 Å². The third-order valence-corrected chi connectivity index (χ3v) is 3.29. The first-order chi connectivity index (χ1) is 8.04. The summed E-state index contributed by atoms with van der Waals surface area (Å²) >= 11 is 6.01. The molecule has 17 heavy (non-hydrogen) atoms. The predicted octanol–water partition coefficient (Wildman–Crippen LogP) is 2.77. The molecule has 0 saturated carbocycles. The second kappa shape index (κ2) is 4.67. The Kier molecular flexibility index (Phi) is 3.40. The molecule has 1 aliphatic heterocycles. The van der Waals surface area contributed by atoms with Gasteiger partial charge in [-0.25, -0.2) is 0 Å². The van der Waals surface area contributed by atoms with Crippen LogP contribution in [0.5, 0.6) is 0 Å². The Balaban J connectivity index is 2.44. The highest BCUT2D eigenvalue weighted by Gasteiger charge is 2.31. The van der Waals surface area contributed by atoms with E-state index in [9.17, 15) is 4.79 Å². The number of anilines is 1. The molecule has 0 N–H and O–H groups in total. The number of aldehydes is 1. The highest BCUT2D eigenvalue weighted by molar-refractivity contribution is 6.31. The van der Waals surface area contributed by atoms with Gasteiger partial charge >= 0.3 is 0 Å². The minimum atomic E-state index is -0.124. The van der Waals surface area contributed by atoms with E-state index < -0.39 is 0 Å². The molecule has 0 aromatic heterocycles. The molecule has 0 spiro atoms. The zero-order valence-electron chi connectivity index (χ0n) is 10.1. The number of rotatable bonds is 2. The molecule has 1 saturated heterocycles. The normalized spacial score (nSPS) is 19.1. The molecular formula is C13H16ClNO2. The maximum atomic E-state index is 11.1. The van der Waals surface area contributed by atoms with Crippen LogP contribution in [0.2, 0.25) is 5.02 Å². The van der Waals surface area contributed by atoms with Crippen molar-refractivity contribution in [3.05, 3.63) is 28.8 Å². The van der Waals surface area contributed by atoms with Crippen molar-refractivity contribution >= 4 is 23.6 Å². The Morgan fingerprint density at radius 3 is 2.88 bits per heavy atom. The topological polar surface area (TPSA) is 29.5 Å². The van der Waals surface area contributed by atoms with Crippen LogP contribution in [0.1, 0.15) is 24.2 Å². The molecule has 1 aliphatic rings. The third-order valence-electron chi connectivity index (χ3n) is 3.06. The van der Waals surface area contributed by atoms with Gasteiger partial charge in [0.1, 0.15) is 0 Å². The van der Waals surface area contributed by atoms with Gasteiger partial charge in [0, 0.05) is 22.8 Å². The second-order valence-corrected chi connectivity index (χ2v) is 5.27. The Labute approximate surface area is 106 Å². The number of morpholine rings is 1. The lowest BCUT2D eigenvalue weighted by molar-refractivity contribution is 0.0643. The predicted molar refractivity (Wildman–Crippen MR) is 69.1 cm³/mol. The number of hydrogen-bond acceptors (Lipinski definition) is 3. The Morgan fingerprint density at radius 1 is 1.47 bits per heavy atom. The lowest BCUT2D eigenvalue weighted by Crippen LogP contribution is -2.53. The van der Waals surface area contributed by atoms with Crippen LogP contribution in [0, 0.1) is 0 Å². The van der Waals surface area contributed by atoms with E-state index in [0.29, 0.717) is 23.8 Å². The fourth-order valence-corrected chi connectivity index (χ4v) is 2.32. The summed E-state index contributed by atoms with van der Waals surface area (Å²) in [6, 6.07) is 5.34. The molecule has 2 rings (SSSR count). The molecule has 0 amide bonds. The molecule has 0 radical (unpaired) electrons. The maximum Gasteiger partial charge on any atom is 0.152 e. The summed E-state index contributed by atoms with van der Waals surface area (Å²) < 4.78 is 5.48. The summed E-state index contributed by atoms with van der Waals surface area (Å²) in [7, 11) is 0. The van der Waals surface area contributed by atoms with Crippen molar-refractivity contribution in [3.8, 4) is 0 Å². The highest BCUT2D eigenvalue weighted by Crippen LogP contribution is 2.31. The van der Waals surface area contributed by atoms with Gasteiger partial charge < -0.3 is 9.64 Å². The van der Waals surface area contributed by atoms with Gasteiger partial charge in [0.25, 0.3) is 0 Å². The lowest BCUT2D eigenvalue weighted by atomic mass is 10.00. The molecular weight excluding hydrogens is 238 g/mol. The fourth-order valence-electron chi connectivity index (χ4n) is 2.16. The van der Waals surface area contributed by atoms with E-state index in [1.165, 1.54) is 0 Å². The van der Waals surface area contributed by atoms with Crippen molar-refractivity contribution in [1.29, 1.82) is 0 Å². The van der Waals surface area contributed by atoms with Crippen LogP contribution in [0.25, 0.3) is 0 Å². The summed E-state index contributed by atoms with van der Waals surface area (Å²) in [6.45, 7) is 6.30. The molecule has 1 aromatic carbocycles. The van der Waals surface area contributed by atoms with E-state index in [1.807, 2.05) is 6.07 Å². The SMILES string of the molecule is CC1(C)COCCN1c1cc(Cl)ccc1C=O. The van der Waals surface area contributed by atoms with E-state index >= 15 is 0 Å². The summed E-state index contributed by atoms with van der Waals surface area (Å²) in [4.78, 5) is 13.3. The Bertz CT molecular complexity index is 431. The zero-order chi connectivity index (χ0) is 12.5. The van der Waals surface area contributed by atoms with Crippen LogP contribution in [0.3, 0.4) is 0 Å². The Morgan fingerprint density at radius 2 is 2.24 bits per heavy atom. The van der Waals surface area contributed by atoms with Gasteiger partial charge in [0.2, 0.25) is 0 Å². The molecule has 0 unspecified atom stereocenters. The summed E-state index contributed by atoms with van der Waals surface area (Å²) in [5, 5.41) is 0.646. The molecule has 1 heterocycles. The smallest absolute Gasteiger partial charge is 0.152 e. The quantitative estimate of drug-likeness (QED) is 0.759. The van der Waals surface area contributed by atoms with Gasteiger partial charge in [-0.05, 0) is 32.0 Å². The van der Waals surface area contributed by atoms with Gasteiger partial charge in [0.05, 0.1) is 18.8 Å². The van der Waals surface area contributed by atoms with Crippen molar-refractivity contribution < 1.29 is 9.53 Å². The van der Waals surface area contributed by atoms with Crippen LogP contribution < -0.4 is 4.90 Å².